The van der Waals surface area contributed by atoms with Crippen molar-refractivity contribution < 1.29 is 4.74 Å². The molecule has 1 atom stereocenters. The van der Waals surface area contributed by atoms with E-state index in [4.69, 9.17) is 10.5 Å². The minimum atomic E-state index is -0.0730. The Morgan fingerprint density at radius 3 is 2.15 bits per heavy atom. The van der Waals surface area contributed by atoms with Gasteiger partial charge in [0.25, 0.3) is 0 Å². The molecule has 80 valence electrons. The van der Waals surface area contributed by atoms with Crippen LogP contribution in [-0.2, 0) is 4.74 Å². The fraction of sp³-hybridized carbons (Fsp3) is 1.00. The van der Waals surface area contributed by atoms with Gasteiger partial charge < -0.3 is 10.5 Å². The summed E-state index contributed by atoms with van der Waals surface area (Å²) in [6.45, 7) is 8.63. The Bertz CT molecular complexity index is 132. The molecule has 0 bridgehead atoms. The van der Waals surface area contributed by atoms with Crippen LogP contribution in [0.1, 0.15) is 47.0 Å². The summed E-state index contributed by atoms with van der Waals surface area (Å²) in [6, 6.07) is 0.275. The van der Waals surface area contributed by atoms with Gasteiger partial charge in [-0.1, -0.05) is 13.8 Å². The van der Waals surface area contributed by atoms with Crippen LogP contribution in [0.2, 0.25) is 0 Å². The third-order valence-electron chi connectivity index (χ3n) is 2.42. The van der Waals surface area contributed by atoms with Crippen molar-refractivity contribution >= 4 is 0 Å². The fourth-order valence-electron chi connectivity index (χ4n) is 1.36. The first-order valence-electron chi connectivity index (χ1n) is 5.18. The Balaban J connectivity index is 3.67. The smallest absolute Gasteiger partial charge is 0.0637 e. The average Bonchev–Trinajstić information content (AvgIpc) is 2.00. The number of methoxy groups -OCH3 is 1. The van der Waals surface area contributed by atoms with Crippen LogP contribution < -0.4 is 5.73 Å². The maximum Gasteiger partial charge on any atom is 0.0637 e. The summed E-state index contributed by atoms with van der Waals surface area (Å²) in [5, 5.41) is 0. The molecule has 0 aliphatic carbocycles. The van der Waals surface area contributed by atoms with Gasteiger partial charge in [-0.2, -0.15) is 0 Å². The summed E-state index contributed by atoms with van der Waals surface area (Å²) in [5.41, 5.74) is 5.93. The monoisotopic (exact) mass is 187 g/mol. The first-order chi connectivity index (χ1) is 5.87. The van der Waals surface area contributed by atoms with Gasteiger partial charge in [0.2, 0.25) is 0 Å². The van der Waals surface area contributed by atoms with E-state index in [-0.39, 0.29) is 11.6 Å². The summed E-state index contributed by atoms with van der Waals surface area (Å²) in [4.78, 5) is 0. The second-order valence-corrected chi connectivity index (χ2v) is 4.90. The van der Waals surface area contributed by atoms with Crippen LogP contribution in [0.25, 0.3) is 0 Å². The molecular formula is C11H25NO. The van der Waals surface area contributed by atoms with E-state index in [1.165, 1.54) is 6.42 Å². The lowest BCUT2D eigenvalue weighted by molar-refractivity contribution is 0.00922. The molecule has 0 saturated carbocycles. The van der Waals surface area contributed by atoms with Gasteiger partial charge in [-0.3, -0.25) is 0 Å². The molecular weight excluding hydrogens is 162 g/mol. The van der Waals surface area contributed by atoms with Crippen molar-refractivity contribution in [2.75, 3.05) is 7.11 Å². The van der Waals surface area contributed by atoms with Gasteiger partial charge in [0.05, 0.1) is 5.60 Å². The van der Waals surface area contributed by atoms with Gasteiger partial charge in [0.15, 0.2) is 0 Å². The molecule has 0 saturated heterocycles. The summed E-state index contributed by atoms with van der Waals surface area (Å²) in [7, 11) is 1.75. The highest BCUT2D eigenvalue weighted by atomic mass is 16.5. The zero-order valence-corrected chi connectivity index (χ0v) is 9.76. The molecule has 0 spiro atoms. The maximum atomic E-state index is 6.00. The molecule has 0 aromatic rings. The lowest BCUT2D eigenvalue weighted by Gasteiger charge is -2.26. The van der Waals surface area contributed by atoms with E-state index in [1.807, 2.05) is 0 Å². The second kappa shape index (κ2) is 5.61. The molecule has 2 heteroatoms. The van der Waals surface area contributed by atoms with Crippen molar-refractivity contribution in [3.63, 3.8) is 0 Å². The van der Waals surface area contributed by atoms with Crippen LogP contribution in [0.3, 0.4) is 0 Å². The molecule has 0 radical (unpaired) electrons. The van der Waals surface area contributed by atoms with Gasteiger partial charge in [0.1, 0.15) is 0 Å². The molecule has 0 rings (SSSR count). The predicted molar refractivity (Wildman–Crippen MR) is 57.8 cm³/mol. The molecule has 0 aliphatic rings. The molecule has 2 nitrogen and oxygen atoms in total. The fourth-order valence-corrected chi connectivity index (χ4v) is 1.36. The van der Waals surface area contributed by atoms with Gasteiger partial charge >= 0.3 is 0 Å². The topological polar surface area (TPSA) is 35.2 Å². The van der Waals surface area contributed by atoms with Crippen molar-refractivity contribution in [3.8, 4) is 0 Å². The molecule has 1 unspecified atom stereocenters. The number of rotatable bonds is 6. The number of hydrogen-bond acceptors (Lipinski definition) is 2. The molecule has 13 heavy (non-hydrogen) atoms. The Labute approximate surface area is 82.8 Å². The lowest BCUT2D eigenvalue weighted by atomic mass is 9.94. The minimum absolute atomic E-state index is 0.0730. The number of nitrogens with two attached hydrogens (primary N) is 1. The molecule has 0 aromatic carbocycles. The molecule has 0 amide bonds. The van der Waals surface area contributed by atoms with Gasteiger partial charge in [0, 0.05) is 13.2 Å². The SMILES string of the molecule is COC(C)(C)CC(N)CCC(C)C. The summed E-state index contributed by atoms with van der Waals surface area (Å²) >= 11 is 0. The first-order valence-corrected chi connectivity index (χ1v) is 5.18. The van der Waals surface area contributed by atoms with Crippen LogP contribution >= 0.6 is 0 Å². The Kier molecular flexibility index (Phi) is 5.57. The minimum Gasteiger partial charge on any atom is -0.379 e. The van der Waals surface area contributed by atoms with Gasteiger partial charge in [-0.15, -0.1) is 0 Å². The van der Waals surface area contributed by atoms with Crippen molar-refractivity contribution in [3.05, 3.63) is 0 Å². The van der Waals surface area contributed by atoms with Gasteiger partial charge in [-0.25, -0.2) is 0 Å². The van der Waals surface area contributed by atoms with Crippen molar-refractivity contribution in [1.29, 1.82) is 0 Å². The van der Waals surface area contributed by atoms with Crippen molar-refractivity contribution in [2.45, 2.75) is 58.6 Å². The highest BCUT2D eigenvalue weighted by Gasteiger charge is 2.20. The Morgan fingerprint density at radius 1 is 1.23 bits per heavy atom. The van der Waals surface area contributed by atoms with Crippen LogP contribution in [0.5, 0.6) is 0 Å². The normalized spacial score (nSPS) is 15.0. The van der Waals surface area contributed by atoms with E-state index in [0.717, 1.165) is 18.8 Å². The predicted octanol–water partition coefficient (Wildman–Crippen LogP) is 2.57. The third-order valence-corrected chi connectivity index (χ3v) is 2.42. The van der Waals surface area contributed by atoms with E-state index in [1.54, 1.807) is 7.11 Å². The van der Waals surface area contributed by atoms with Crippen molar-refractivity contribution in [2.24, 2.45) is 11.7 Å². The highest BCUT2D eigenvalue weighted by Crippen LogP contribution is 2.18. The largest absolute Gasteiger partial charge is 0.379 e. The average molecular weight is 187 g/mol. The lowest BCUT2D eigenvalue weighted by Crippen LogP contribution is -2.33. The third kappa shape index (κ3) is 7.03. The van der Waals surface area contributed by atoms with E-state index < -0.39 is 0 Å². The Hall–Kier alpha value is -0.0800. The number of ether oxygens (including phenoxy) is 1. The van der Waals surface area contributed by atoms with Crippen LogP contribution in [0.4, 0.5) is 0 Å². The Morgan fingerprint density at radius 2 is 1.77 bits per heavy atom. The molecule has 0 aromatic heterocycles. The molecule has 2 N–H and O–H groups in total. The first kappa shape index (κ1) is 12.9. The van der Waals surface area contributed by atoms with Gasteiger partial charge in [-0.05, 0) is 39.0 Å². The highest BCUT2D eigenvalue weighted by molar-refractivity contribution is 4.75. The zero-order valence-electron chi connectivity index (χ0n) is 9.76. The molecule has 0 fully saturated rings. The zero-order chi connectivity index (χ0) is 10.5. The van der Waals surface area contributed by atoms with E-state index >= 15 is 0 Å². The summed E-state index contributed by atoms with van der Waals surface area (Å²) in [5.74, 6) is 0.747. The summed E-state index contributed by atoms with van der Waals surface area (Å²) < 4.78 is 5.34. The second-order valence-electron chi connectivity index (χ2n) is 4.90. The summed E-state index contributed by atoms with van der Waals surface area (Å²) in [6.07, 6.45) is 3.25. The van der Waals surface area contributed by atoms with E-state index in [9.17, 15) is 0 Å². The number of hydrogen-bond donors (Lipinski definition) is 1. The maximum absolute atomic E-state index is 6.00. The van der Waals surface area contributed by atoms with E-state index in [2.05, 4.69) is 27.7 Å². The molecule has 0 aliphatic heterocycles. The van der Waals surface area contributed by atoms with Crippen molar-refractivity contribution in [1.82, 2.24) is 0 Å². The molecule has 0 heterocycles. The van der Waals surface area contributed by atoms with Crippen LogP contribution in [-0.4, -0.2) is 18.8 Å². The van der Waals surface area contributed by atoms with Crippen LogP contribution in [0.15, 0.2) is 0 Å². The standard InChI is InChI=1S/C11H25NO/c1-9(2)6-7-10(12)8-11(3,4)13-5/h9-10H,6-8,12H2,1-5H3. The quantitative estimate of drug-likeness (QED) is 0.693. The van der Waals surface area contributed by atoms with Crippen LogP contribution in [0, 0.1) is 5.92 Å². The van der Waals surface area contributed by atoms with E-state index in [0.29, 0.717) is 0 Å².